The van der Waals surface area contributed by atoms with Crippen LogP contribution in [0.1, 0.15) is 0 Å². The van der Waals surface area contributed by atoms with Gasteiger partial charge in [-0.25, -0.2) is 13.2 Å². The van der Waals surface area contributed by atoms with Crippen LogP contribution in [0.25, 0.3) is 0 Å². The summed E-state index contributed by atoms with van der Waals surface area (Å²) in [5.41, 5.74) is 0. The molecule has 0 aliphatic carbocycles. The van der Waals surface area contributed by atoms with Crippen molar-refractivity contribution in [1.82, 2.24) is 0 Å². The largest absolute Gasteiger partial charge is 0.716 e. The summed E-state index contributed by atoms with van der Waals surface area (Å²) in [5.74, 6) is -40.4. The monoisotopic (exact) mass is 524 g/mol. The minimum atomic E-state index is -8.37. The molecular weight excluding hydrogens is 523 g/mol. The van der Waals surface area contributed by atoms with E-state index in [0.29, 0.717) is 0 Å². The molecule has 1 atom stereocenters. The van der Waals surface area contributed by atoms with Gasteiger partial charge in [-0.2, -0.15) is 57.1 Å². The van der Waals surface area contributed by atoms with E-state index in [1.165, 1.54) is 0 Å². The number of rotatable bonds is 7. The smallest absolute Gasteiger partial charge is 0.476 e. The highest BCUT2D eigenvalue weighted by atomic mass is 79.9. The van der Waals surface area contributed by atoms with Crippen molar-refractivity contribution in [3.63, 3.8) is 0 Å². The summed E-state index contributed by atoms with van der Waals surface area (Å²) < 4.78 is 206. The average molecular weight is 525 g/mol. The first-order chi connectivity index (χ1) is 11.0. The Morgan fingerprint density at radius 2 is 0.815 bits per heavy atom. The van der Waals surface area contributed by atoms with Gasteiger partial charge in [-0.15, -0.1) is 17.0 Å². The first-order valence-electron chi connectivity index (χ1n) is 5.50. The first kappa shape index (κ1) is 29.3. The van der Waals surface area contributed by atoms with Crippen molar-refractivity contribution in [2.45, 2.75) is 46.0 Å². The fourth-order valence-electron chi connectivity index (χ4n) is 1.28. The third kappa shape index (κ3) is 4.18. The molecule has 0 aromatic heterocycles. The van der Waals surface area contributed by atoms with Crippen molar-refractivity contribution in [1.29, 1.82) is 0 Å². The molecule has 0 aromatic carbocycles. The predicted molar refractivity (Wildman–Crippen MR) is 57.8 cm³/mol. The second-order valence-electron chi connectivity index (χ2n) is 4.66. The molecule has 0 N–H and O–H groups in total. The predicted octanol–water partition coefficient (Wildman–Crippen LogP) is 5.82. The number of alkyl halides is 16. The maximum Gasteiger partial charge on any atom is 0.716 e. The van der Waals surface area contributed by atoms with Crippen LogP contribution in [-0.2, 0) is 0 Å². The van der Waals surface area contributed by atoms with Crippen molar-refractivity contribution in [3.05, 3.63) is 0 Å². The molecule has 0 amide bonds. The fraction of sp³-hybridized carbons (Fsp3) is 1.00. The molecule has 0 bridgehead atoms. The Hall–Kier alpha value is 0.0562. The van der Waals surface area contributed by atoms with Crippen LogP contribution in [0.4, 0.5) is 73.2 Å². The molecule has 162 valence electrons. The Bertz CT molecular complexity index is 510. The Kier molecular flexibility index (Phi) is 8.36. The van der Waals surface area contributed by atoms with E-state index in [1.54, 1.807) is 0 Å². The van der Waals surface area contributed by atoms with Crippen LogP contribution in [0, 0.1) is 0 Å². The van der Waals surface area contributed by atoms with E-state index in [4.69, 9.17) is 0 Å². The van der Waals surface area contributed by atoms with Gasteiger partial charge in [-0.1, -0.05) is 0 Å². The van der Waals surface area contributed by atoms with E-state index in [-0.39, 0.29) is 17.0 Å². The zero-order chi connectivity index (χ0) is 21.8. The third-order valence-corrected chi connectivity index (χ3v) is 3.61. The Morgan fingerprint density at radius 1 is 0.519 bits per heavy atom. The molecule has 0 saturated heterocycles. The second kappa shape index (κ2) is 7.71. The minimum absolute atomic E-state index is 0. The molecule has 0 nitrogen and oxygen atoms in total. The minimum Gasteiger partial charge on any atom is -0.476 e. The van der Waals surface area contributed by atoms with Crippen molar-refractivity contribution in [2.75, 3.05) is 0 Å². The van der Waals surface area contributed by atoms with E-state index in [2.05, 4.69) is 0 Å². The first-order valence-corrected chi connectivity index (χ1v) is 6.74. The van der Waals surface area contributed by atoms with Gasteiger partial charge in [0.1, 0.15) is 0 Å². The summed E-state index contributed by atoms with van der Waals surface area (Å²) in [7, 11) is 0. The van der Waals surface area contributed by atoms with Gasteiger partial charge >= 0.3 is 56.7 Å². The third-order valence-electron chi connectivity index (χ3n) is 2.83. The average Bonchev–Trinajstić information content (AvgIpc) is 2.44. The van der Waals surface area contributed by atoms with Crippen LogP contribution in [0.2, 0.25) is 0 Å². The lowest BCUT2D eigenvalue weighted by Crippen LogP contribution is -2.73. The number of hydrogen-bond acceptors (Lipinski definition) is 0. The lowest BCUT2D eigenvalue weighted by Gasteiger charge is -2.41. The Labute approximate surface area is 157 Å². The number of halogens is 18. The van der Waals surface area contributed by atoms with Gasteiger partial charge in [0.25, 0.3) is 10.2 Å². The molecule has 0 rings (SSSR count). The quantitative estimate of drug-likeness (QED) is 0.290. The summed E-state index contributed by atoms with van der Waals surface area (Å²) in [5, 5.41) is 0. The molecule has 19 heteroatoms. The Balaban J connectivity index is 0. The van der Waals surface area contributed by atoms with Gasteiger partial charge in [-0.05, 0) is 0 Å². The van der Waals surface area contributed by atoms with Crippen molar-refractivity contribution >= 4 is 37.9 Å². The van der Waals surface area contributed by atoms with Crippen molar-refractivity contribution < 1.29 is 73.2 Å². The van der Waals surface area contributed by atoms with E-state index in [1.807, 2.05) is 0 Å². The molecule has 0 fully saturated rings. The summed E-state index contributed by atoms with van der Waals surface area (Å²) in [6.45, 7) is 0. The Morgan fingerprint density at radius 3 is 1.07 bits per heavy atom. The highest BCUT2D eigenvalue weighted by molar-refractivity contribution is 8.93. The zero-order valence-corrected chi connectivity index (χ0v) is 14.7. The molecule has 0 aliphatic rings. The van der Waals surface area contributed by atoms with Gasteiger partial charge in [0.2, 0.25) is 0 Å². The maximum absolute atomic E-state index is 13.0. The molecule has 0 spiro atoms. The standard InChI is InChI=1S/C8HF16.BrH.FH.Mg/c9-1(5(16,17)18)3(12,13)6(19,20)8(23,24)7(21,22)4(14,15)2(10)11;;;/h1H;2*1H;/q;;;+1/p-1. The van der Waals surface area contributed by atoms with Gasteiger partial charge in [0, 0.05) is 0 Å². The highest BCUT2D eigenvalue weighted by Gasteiger charge is 2.91. The lowest BCUT2D eigenvalue weighted by molar-refractivity contribution is -0.429. The van der Waals surface area contributed by atoms with Crippen LogP contribution < -0.4 is 0 Å². The molecular formula is C8H2BrF17Mg. The van der Waals surface area contributed by atoms with Gasteiger partial charge in [0.15, 0.2) is 0 Å². The van der Waals surface area contributed by atoms with E-state index in [0.717, 1.165) is 0 Å². The van der Waals surface area contributed by atoms with Crippen LogP contribution in [0.5, 0.6) is 0 Å². The molecule has 0 saturated carbocycles. The molecule has 1 unspecified atom stereocenters. The van der Waals surface area contributed by atoms with Crippen LogP contribution in [-0.4, -0.2) is 66.9 Å². The van der Waals surface area contributed by atoms with Crippen LogP contribution in [0.3, 0.4) is 0 Å². The summed E-state index contributed by atoms with van der Waals surface area (Å²) in [4.78, 5) is 0. The molecule has 0 aromatic rings. The number of hydrogen-bond donors (Lipinski definition) is 0. The van der Waals surface area contributed by atoms with E-state index >= 15 is 0 Å². The highest BCUT2D eigenvalue weighted by Crippen LogP contribution is 2.61. The second-order valence-corrected chi connectivity index (χ2v) is 5.82. The maximum atomic E-state index is 13.0. The van der Waals surface area contributed by atoms with Gasteiger partial charge in [0.05, 0.1) is 0 Å². The lowest BCUT2D eigenvalue weighted by atomic mass is 9.92. The fourth-order valence-corrected chi connectivity index (χ4v) is 1.67. The molecule has 0 heterocycles. The molecule has 0 aliphatic heterocycles. The van der Waals surface area contributed by atoms with E-state index < -0.39 is 66.9 Å². The topological polar surface area (TPSA) is 0 Å². The molecule has 0 radical (unpaired) electrons. The van der Waals surface area contributed by atoms with Gasteiger partial charge in [-0.3, -0.25) is 0 Å². The van der Waals surface area contributed by atoms with Crippen molar-refractivity contribution in [2.24, 2.45) is 0 Å². The van der Waals surface area contributed by atoms with Gasteiger partial charge < -0.3 is 2.96 Å². The SMILES string of the molecule is Br.[F][Mg][C](F)(F)C(F)(F)C(F)(F)C(F)(F)C(F)(F)C(F)(F)C(F)C(F)(F)F. The summed E-state index contributed by atoms with van der Waals surface area (Å²) in [6.07, 6.45) is -13.3. The van der Waals surface area contributed by atoms with E-state index in [9.17, 15) is 73.2 Å². The van der Waals surface area contributed by atoms with Crippen LogP contribution in [0.15, 0.2) is 0 Å². The molecule has 27 heavy (non-hydrogen) atoms. The van der Waals surface area contributed by atoms with Crippen molar-refractivity contribution in [3.8, 4) is 0 Å². The zero-order valence-electron chi connectivity index (χ0n) is 11.6. The summed E-state index contributed by atoms with van der Waals surface area (Å²) >= 11 is -5.20. The normalized spacial score (nSPS) is 16.5. The van der Waals surface area contributed by atoms with Crippen LogP contribution >= 0.6 is 17.0 Å². The summed E-state index contributed by atoms with van der Waals surface area (Å²) in [6, 6.07) is 0.